The van der Waals surface area contributed by atoms with Crippen molar-refractivity contribution in [3.8, 4) is 0 Å². The van der Waals surface area contributed by atoms with Crippen LogP contribution >= 0.6 is 0 Å². The maximum atomic E-state index is 8.88. The molecule has 0 saturated heterocycles. The first kappa shape index (κ1) is 8.28. The highest BCUT2D eigenvalue weighted by Gasteiger charge is 2.01. The molecule has 0 spiro atoms. The predicted molar refractivity (Wildman–Crippen MR) is 46.7 cm³/mol. The first-order valence-corrected chi connectivity index (χ1v) is 3.91. The molecule has 1 rings (SSSR count). The second-order valence-corrected chi connectivity index (χ2v) is 3.00. The SMILES string of the molecule is Cc1cccc(C(C)CO)c1. The van der Waals surface area contributed by atoms with Crippen molar-refractivity contribution in [2.45, 2.75) is 19.8 Å². The van der Waals surface area contributed by atoms with Crippen molar-refractivity contribution in [1.29, 1.82) is 0 Å². The van der Waals surface area contributed by atoms with E-state index >= 15 is 0 Å². The summed E-state index contributed by atoms with van der Waals surface area (Å²) in [7, 11) is 0. The zero-order chi connectivity index (χ0) is 8.27. The van der Waals surface area contributed by atoms with Gasteiger partial charge in [-0.05, 0) is 12.5 Å². The van der Waals surface area contributed by atoms with E-state index in [1.54, 1.807) is 0 Å². The minimum absolute atomic E-state index is 0.226. The zero-order valence-electron chi connectivity index (χ0n) is 7.04. The molecule has 0 aliphatic heterocycles. The summed E-state index contributed by atoms with van der Waals surface area (Å²) in [5.41, 5.74) is 2.47. The summed E-state index contributed by atoms with van der Waals surface area (Å²) in [6, 6.07) is 8.25. The number of hydrogen-bond donors (Lipinski definition) is 1. The Balaban J connectivity index is 2.86. The number of hydrogen-bond acceptors (Lipinski definition) is 1. The Labute approximate surface area is 67.7 Å². The summed E-state index contributed by atoms with van der Waals surface area (Å²) in [5, 5.41) is 8.88. The topological polar surface area (TPSA) is 20.2 Å². The van der Waals surface area contributed by atoms with Gasteiger partial charge < -0.3 is 5.11 Å². The van der Waals surface area contributed by atoms with Crippen LogP contribution in [0.5, 0.6) is 0 Å². The van der Waals surface area contributed by atoms with Crippen LogP contribution in [0, 0.1) is 6.92 Å². The average Bonchev–Trinajstić information content (AvgIpc) is 2.03. The van der Waals surface area contributed by atoms with Gasteiger partial charge in [-0.2, -0.15) is 0 Å². The van der Waals surface area contributed by atoms with Gasteiger partial charge in [0.25, 0.3) is 0 Å². The molecule has 1 atom stereocenters. The van der Waals surface area contributed by atoms with E-state index in [2.05, 4.69) is 19.1 Å². The molecule has 0 amide bonds. The summed E-state index contributed by atoms with van der Waals surface area (Å²) in [6.07, 6.45) is 0. The Bertz CT molecular complexity index is 230. The van der Waals surface area contributed by atoms with E-state index in [0.717, 1.165) is 0 Å². The van der Waals surface area contributed by atoms with Gasteiger partial charge in [0.05, 0.1) is 0 Å². The van der Waals surface area contributed by atoms with Gasteiger partial charge in [0, 0.05) is 12.5 Å². The molecule has 0 aliphatic carbocycles. The van der Waals surface area contributed by atoms with Crippen molar-refractivity contribution in [3.05, 3.63) is 35.4 Å². The van der Waals surface area contributed by atoms with Crippen LogP contribution < -0.4 is 0 Å². The Morgan fingerprint density at radius 2 is 2.18 bits per heavy atom. The third kappa shape index (κ3) is 2.05. The van der Waals surface area contributed by atoms with Crippen molar-refractivity contribution < 1.29 is 5.11 Å². The largest absolute Gasteiger partial charge is 0.396 e. The van der Waals surface area contributed by atoms with Crippen LogP contribution in [0.4, 0.5) is 0 Å². The molecule has 1 nitrogen and oxygen atoms in total. The number of benzene rings is 1. The summed E-state index contributed by atoms with van der Waals surface area (Å²) in [6.45, 7) is 4.31. The van der Waals surface area contributed by atoms with Crippen molar-refractivity contribution >= 4 is 0 Å². The molecule has 1 aromatic rings. The first-order valence-electron chi connectivity index (χ1n) is 3.91. The third-order valence-electron chi connectivity index (χ3n) is 1.89. The quantitative estimate of drug-likeness (QED) is 0.684. The van der Waals surface area contributed by atoms with Crippen molar-refractivity contribution in [2.24, 2.45) is 0 Å². The van der Waals surface area contributed by atoms with E-state index in [1.165, 1.54) is 11.1 Å². The fourth-order valence-electron chi connectivity index (χ4n) is 1.08. The lowest BCUT2D eigenvalue weighted by Crippen LogP contribution is -1.98. The molecule has 0 radical (unpaired) electrons. The molecule has 11 heavy (non-hydrogen) atoms. The minimum atomic E-state index is 0.226. The van der Waals surface area contributed by atoms with Crippen molar-refractivity contribution in [3.63, 3.8) is 0 Å². The van der Waals surface area contributed by atoms with Gasteiger partial charge in [0.2, 0.25) is 0 Å². The molecule has 0 aromatic heterocycles. The molecule has 0 aliphatic rings. The van der Waals surface area contributed by atoms with E-state index in [1.807, 2.05) is 19.1 Å². The van der Waals surface area contributed by atoms with Crippen LogP contribution in [-0.2, 0) is 0 Å². The third-order valence-corrected chi connectivity index (χ3v) is 1.89. The van der Waals surface area contributed by atoms with E-state index in [4.69, 9.17) is 5.11 Å². The molecule has 1 aromatic carbocycles. The van der Waals surface area contributed by atoms with Gasteiger partial charge in [0.1, 0.15) is 0 Å². The minimum Gasteiger partial charge on any atom is -0.396 e. The molecule has 60 valence electrons. The lowest BCUT2D eigenvalue weighted by Gasteiger charge is -2.07. The Morgan fingerprint density at radius 1 is 1.45 bits per heavy atom. The maximum absolute atomic E-state index is 8.88. The second-order valence-electron chi connectivity index (χ2n) is 3.00. The number of aryl methyl sites for hydroxylation is 1. The van der Waals surface area contributed by atoms with Gasteiger partial charge >= 0.3 is 0 Å². The molecule has 1 unspecified atom stereocenters. The molecule has 1 N–H and O–H groups in total. The molecule has 0 bridgehead atoms. The molecule has 0 fully saturated rings. The van der Waals surface area contributed by atoms with Gasteiger partial charge in [-0.1, -0.05) is 36.8 Å². The van der Waals surface area contributed by atoms with Crippen LogP contribution in [0.1, 0.15) is 24.0 Å². The van der Waals surface area contributed by atoms with Gasteiger partial charge in [-0.25, -0.2) is 0 Å². The van der Waals surface area contributed by atoms with Crippen LogP contribution in [0.2, 0.25) is 0 Å². The van der Waals surface area contributed by atoms with Crippen LogP contribution in [-0.4, -0.2) is 11.7 Å². The summed E-state index contributed by atoms with van der Waals surface area (Å²) >= 11 is 0. The Hall–Kier alpha value is -0.820. The number of aliphatic hydroxyl groups excluding tert-OH is 1. The molecular formula is C10H14O. The molecule has 0 saturated carbocycles. The highest BCUT2D eigenvalue weighted by atomic mass is 16.3. The predicted octanol–water partition coefficient (Wildman–Crippen LogP) is 2.09. The highest BCUT2D eigenvalue weighted by molar-refractivity contribution is 5.24. The normalized spacial score (nSPS) is 13.0. The zero-order valence-corrected chi connectivity index (χ0v) is 7.04. The lowest BCUT2D eigenvalue weighted by atomic mass is 10.0. The average molecular weight is 150 g/mol. The van der Waals surface area contributed by atoms with Crippen LogP contribution in [0.15, 0.2) is 24.3 Å². The Kier molecular flexibility index (Phi) is 2.66. The van der Waals surface area contributed by atoms with Crippen LogP contribution in [0.3, 0.4) is 0 Å². The number of rotatable bonds is 2. The molecule has 1 heteroatoms. The van der Waals surface area contributed by atoms with Gasteiger partial charge in [-0.15, -0.1) is 0 Å². The van der Waals surface area contributed by atoms with E-state index in [0.29, 0.717) is 0 Å². The van der Waals surface area contributed by atoms with Gasteiger partial charge in [0.15, 0.2) is 0 Å². The van der Waals surface area contributed by atoms with E-state index in [-0.39, 0.29) is 12.5 Å². The van der Waals surface area contributed by atoms with Crippen LogP contribution in [0.25, 0.3) is 0 Å². The van der Waals surface area contributed by atoms with Gasteiger partial charge in [-0.3, -0.25) is 0 Å². The summed E-state index contributed by atoms with van der Waals surface area (Å²) in [5.74, 6) is 0.259. The number of aliphatic hydroxyl groups is 1. The summed E-state index contributed by atoms with van der Waals surface area (Å²) < 4.78 is 0. The first-order chi connectivity index (χ1) is 5.24. The maximum Gasteiger partial charge on any atom is 0.0497 e. The lowest BCUT2D eigenvalue weighted by molar-refractivity contribution is 0.273. The highest BCUT2D eigenvalue weighted by Crippen LogP contribution is 2.14. The smallest absolute Gasteiger partial charge is 0.0497 e. The summed E-state index contributed by atoms with van der Waals surface area (Å²) in [4.78, 5) is 0. The van der Waals surface area contributed by atoms with E-state index in [9.17, 15) is 0 Å². The van der Waals surface area contributed by atoms with E-state index < -0.39 is 0 Å². The fourth-order valence-corrected chi connectivity index (χ4v) is 1.08. The standard InChI is InChI=1S/C10H14O/c1-8-4-3-5-10(6-8)9(2)7-11/h3-6,9,11H,7H2,1-2H3. The molecule has 0 heterocycles. The monoisotopic (exact) mass is 150 g/mol. The van der Waals surface area contributed by atoms with Crippen molar-refractivity contribution in [1.82, 2.24) is 0 Å². The van der Waals surface area contributed by atoms with Crippen molar-refractivity contribution in [2.75, 3.05) is 6.61 Å². The Morgan fingerprint density at radius 3 is 2.73 bits per heavy atom. The second kappa shape index (κ2) is 3.54. The fraction of sp³-hybridized carbons (Fsp3) is 0.400. The molecular weight excluding hydrogens is 136 g/mol.